The molecular weight excluding hydrogens is 294 g/mol. The molecule has 0 saturated heterocycles. The predicted molar refractivity (Wildman–Crippen MR) is 79.5 cm³/mol. The van der Waals surface area contributed by atoms with Gasteiger partial charge in [-0.25, -0.2) is 13.2 Å². The molecule has 1 heterocycles. The van der Waals surface area contributed by atoms with Crippen LogP contribution in [0.3, 0.4) is 0 Å². The van der Waals surface area contributed by atoms with Crippen LogP contribution in [0, 0.1) is 0 Å². The number of nitrogens with zero attached hydrogens (tertiary/aromatic N) is 1. The van der Waals surface area contributed by atoms with E-state index in [4.69, 9.17) is 5.11 Å². The highest BCUT2D eigenvalue weighted by Crippen LogP contribution is 2.12. The van der Waals surface area contributed by atoms with E-state index in [1.807, 2.05) is 0 Å². The molecule has 6 nitrogen and oxygen atoms in total. The van der Waals surface area contributed by atoms with E-state index in [1.54, 1.807) is 25.1 Å². The molecule has 21 heavy (non-hydrogen) atoms. The molecule has 0 unspecified atom stereocenters. The maximum absolute atomic E-state index is 12.1. The minimum absolute atomic E-state index is 0.0247. The van der Waals surface area contributed by atoms with Gasteiger partial charge in [0.25, 0.3) is 0 Å². The molecule has 1 N–H and O–H groups in total. The Hall–Kier alpha value is -2.15. The Morgan fingerprint density at radius 2 is 1.95 bits per heavy atom. The van der Waals surface area contributed by atoms with Gasteiger partial charge in [-0.15, -0.1) is 0 Å². The Kier molecular flexibility index (Phi) is 4.13. The van der Waals surface area contributed by atoms with Crippen LogP contribution in [0.2, 0.25) is 0 Å². The van der Waals surface area contributed by atoms with E-state index < -0.39 is 21.2 Å². The summed E-state index contributed by atoms with van der Waals surface area (Å²) in [5, 5.41) is 9.36. The summed E-state index contributed by atoms with van der Waals surface area (Å²) in [6.45, 7) is 1.67. The lowest BCUT2D eigenvalue weighted by Gasteiger charge is -2.12. The van der Waals surface area contributed by atoms with Gasteiger partial charge in [0.05, 0.1) is 11.3 Å². The average molecular weight is 309 g/mol. The minimum Gasteiger partial charge on any atom is -0.477 e. The van der Waals surface area contributed by atoms with Crippen LogP contribution < -0.4 is 5.43 Å². The van der Waals surface area contributed by atoms with Crippen molar-refractivity contribution in [2.45, 2.75) is 13.5 Å². The van der Waals surface area contributed by atoms with Gasteiger partial charge >= 0.3 is 5.97 Å². The second-order valence-electron chi connectivity index (χ2n) is 4.62. The summed E-state index contributed by atoms with van der Waals surface area (Å²) in [7, 11) is -3.18. The van der Waals surface area contributed by atoms with Crippen LogP contribution in [0.5, 0.6) is 0 Å². The quantitative estimate of drug-likeness (QED) is 0.893. The lowest BCUT2D eigenvalue weighted by atomic mass is 10.1. The summed E-state index contributed by atoms with van der Waals surface area (Å²) >= 11 is 0. The van der Waals surface area contributed by atoms with Gasteiger partial charge in [0.15, 0.2) is 9.84 Å². The molecule has 0 aliphatic heterocycles. The molecule has 2 rings (SSSR count). The first kappa shape index (κ1) is 15.2. The van der Waals surface area contributed by atoms with Crippen molar-refractivity contribution in [2.75, 3.05) is 11.5 Å². The number of rotatable bonds is 5. The highest BCUT2D eigenvalue weighted by Gasteiger charge is 2.15. The van der Waals surface area contributed by atoms with Crippen LogP contribution in [0.4, 0.5) is 0 Å². The number of carboxylic acid groups (broad SMARTS) is 1. The first-order valence-electron chi connectivity index (χ1n) is 6.41. The Bertz CT molecular complexity index is 851. The monoisotopic (exact) mass is 309 g/mol. The van der Waals surface area contributed by atoms with Gasteiger partial charge in [0.2, 0.25) is 5.43 Å². The molecule has 0 bridgehead atoms. The van der Waals surface area contributed by atoms with Gasteiger partial charge in [0.1, 0.15) is 5.56 Å². The lowest BCUT2D eigenvalue weighted by molar-refractivity contribution is 0.0695. The Morgan fingerprint density at radius 3 is 2.57 bits per heavy atom. The molecule has 0 amide bonds. The van der Waals surface area contributed by atoms with E-state index in [0.29, 0.717) is 5.52 Å². The largest absolute Gasteiger partial charge is 0.477 e. The van der Waals surface area contributed by atoms with Gasteiger partial charge in [-0.2, -0.15) is 0 Å². The zero-order valence-electron chi connectivity index (χ0n) is 11.4. The molecule has 0 radical (unpaired) electrons. The van der Waals surface area contributed by atoms with Gasteiger partial charge in [0, 0.05) is 23.9 Å². The number of carbonyl (C=O) groups is 1. The standard InChI is InChI=1S/C14H15NO5S/c1-2-21(19,20)8-7-15-9-11(14(17)18)13(16)10-5-3-4-6-12(10)15/h3-6,9H,2,7-8H2,1H3,(H,17,18). The molecule has 0 spiro atoms. The number of fused-ring (bicyclic) bond motifs is 1. The van der Waals surface area contributed by atoms with Crippen LogP contribution in [-0.4, -0.2) is 35.6 Å². The number of benzene rings is 1. The fourth-order valence-electron chi connectivity index (χ4n) is 2.06. The SMILES string of the molecule is CCS(=O)(=O)CCn1cc(C(=O)O)c(=O)c2ccccc21. The first-order chi connectivity index (χ1) is 9.85. The number of aromatic nitrogens is 1. The van der Waals surface area contributed by atoms with E-state index in [-0.39, 0.29) is 29.0 Å². The van der Waals surface area contributed by atoms with Crippen molar-refractivity contribution in [3.8, 4) is 0 Å². The molecular formula is C14H15NO5S. The number of carboxylic acids is 1. The van der Waals surface area contributed by atoms with Crippen LogP contribution in [0.15, 0.2) is 35.3 Å². The number of aryl methyl sites for hydroxylation is 1. The highest BCUT2D eigenvalue weighted by atomic mass is 32.2. The van der Waals surface area contributed by atoms with E-state index in [0.717, 1.165) is 0 Å². The maximum Gasteiger partial charge on any atom is 0.341 e. The van der Waals surface area contributed by atoms with Crippen molar-refractivity contribution >= 4 is 26.7 Å². The molecule has 1 aromatic carbocycles. The van der Waals surface area contributed by atoms with Crippen molar-refractivity contribution in [3.05, 3.63) is 46.2 Å². The van der Waals surface area contributed by atoms with Crippen LogP contribution >= 0.6 is 0 Å². The number of sulfone groups is 1. The summed E-state index contributed by atoms with van der Waals surface area (Å²) in [6.07, 6.45) is 1.21. The lowest BCUT2D eigenvalue weighted by Crippen LogP contribution is -2.21. The van der Waals surface area contributed by atoms with Crippen molar-refractivity contribution in [1.82, 2.24) is 4.57 Å². The van der Waals surface area contributed by atoms with Crippen molar-refractivity contribution in [3.63, 3.8) is 0 Å². The number of hydrogen-bond acceptors (Lipinski definition) is 4. The third-order valence-electron chi connectivity index (χ3n) is 3.30. The normalized spacial score (nSPS) is 11.7. The van der Waals surface area contributed by atoms with Gasteiger partial charge < -0.3 is 9.67 Å². The van der Waals surface area contributed by atoms with E-state index in [9.17, 15) is 18.0 Å². The molecule has 7 heteroatoms. The van der Waals surface area contributed by atoms with Gasteiger partial charge in [-0.1, -0.05) is 19.1 Å². The number of para-hydroxylation sites is 1. The van der Waals surface area contributed by atoms with E-state index >= 15 is 0 Å². The molecule has 2 aromatic rings. The summed E-state index contributed by atoms with van der Waals surface area (Å²) in [4.78, 5) is 23.2. The molecule has 0 saturated carbocycles. The summed E-state index contributed by atoms with van der Waals surface area (Å²) in [5.74, 6) is -1.40. The van der Waals surface area contributed by atoms with E-state index in [2.05, 4.69) is 0 Å². The molecule has 0 aliphatic rings. The summed E-state index contributed by atoms with van der Waals surface area (Å²) < 4.78 is 24.7. The van der Waals surface area contributed by atoms with Crippen LogP contribution in [-0.2, 0) is 16.4 Å². The molecule has 0 atom stereocenters. The number of pyridine rings is 1. The van der Waals surface area contributed by atoms with Crippen molar-refractivity contribution in [2.24, 2.45) is 0 Å². The molecule has 112 valence electrons. The fraction of sp³-hybridized carbons (Fsp3) is 0.286. The molecule has 0 fully saturated rings. The predicted octanol–water partition coefficient (Wildman–Crippen LogP) is 1.13. The van der Waals surface area contributed by atoms with Gasteiger partial charge in [-0.05, 0) is 12.1 Å². The van der Waals surface area contributed by atoms with Crippen molar-refractivity contribution in [1.29, 1.82) is 0 Å². The van der Waals surface area contributed by atoms with E-state index in [1.165, 1.54) is 16.8 Å². The smallest absolute Gasteiger partial charge is 0.341 e. The third kappa shape index (κ3) is 3.13. The third-order valence-corrected chi connectivity index (χ3v) is 4.99. The zero-order valence-corrected chi connectivity index (χ0v) is 12.3. The Labute approximate surface area is 121 Å². The first-order valence-corrected chi connectivity index (χ1v) is 8.24. The topological polar surface area (TPSA) is 93.4 Å². The summed E-state index contributed by atoms with van der Waals surface area (Å²) in [6, 6.07) is 6.56. The minimum atomic E-state index is -3.18. The highest BCUT2D eigenvalue weighted by molar-refractivity contribution is 7.91. The molecule has 0 aliphatic carbocycles. The second kappa shape index (κ2) is 5.69. The average Bonchev–Trinajstić information content (AvgIpc) is 2.46. The Morgan fingerprint density at radius 1 is 1.29 bits per heavy atom. The fourth-order valence-corrected chi connectivity index (χ4v) is 2.83. The summed E-state index contributed by atoms with van der Waals surface area (Å²) in [5.41, 5.74) is -0.394. The second-order valence-corrected chi connectivity index (χ2v) is 7.10. The van der Waals surface area contributed by atoms with Gasteiger partial charge in [-0.3, -0.25) is 4.79 Å². The maximum atomic E-state index is 12.1. The van der Waals surface area contributed by atoms with Crippen molar-refractivity contribution < 1.29 is 18.3 Å². The van der Waals surface area contributed by atoms with Crippen LogP contribution in [0.1, 0.15) is 17.3 Å². The zero-order chi connectivity index (χ0) is 15.6. The Balaban J connectivity index is 2.60. The number of hydrogen-bond donors (Lipinski definition) is 1. The van der Waals surface area contributed by atoms with Crippen LogP contribution in [0.25, 0.3) is 10.9 Å². The number of aromatic carboxylic acids is 1. The molecule has 1 aromatic heterocycles.